The smallest absolute Gasteiger partial charge is 0.315 e. The van der Waals surface area contributed by atoms with Crippen molar-refractivity contribution in [2.75, 3.05) is 19.8 Å². The Hall–Kier alpha value is -1.19. The van der Waals surface area contributed by atoms with Crippen LogP contribution in [0.25, 0.3) is 0 Å². The van der Waals surface area contributed by atoms with Crippen LogP contribution in [-0.4, -0.2) is 48.6 Å². The van der Waals surface area contributed by atoms with Crippen molar-refractivity contribution in [2.24, 2.45) is 0 Å². The summed E-state index contributed by atoms with van der Waals surface area (Å²) in [7, 11) is -1.24. The second-order valence-corrected chi connectivity index (χ2v) is 13.3. The molecular weight excluding hydrogens is 519 g/mol. The standard InChI is InChI=1S/C32H61N4O3P/c1-7-8-9-10-11-12-13-14-15-16-17-18-19-20-23-34-32(37)35-31-25-30(29(31)6)26-39-40(38-24-21-22-33)36(27(2)3)28(4)5/h27-28,31H,7-21,23-26H2,1-6H3,(H2,34,35,37). The summed E-state index contributed by atoms with van der Waals surface area (Å²) in [6.07, 6.45) is 19.9. The highest BCUT2D eigenvalue weighted by molar-refractivity contribution is 7.44. The maximum absolute atomic E-state index is 12.4. The zero-order valence-corrected chi connectivity index (χ0v) is 27.6. The Labute approximate surface area is 248 Å². The number of hydrogen-bond acceptors (Lipinski definition) is 5. The van der Waals surface area contributed by atoms with E-state index in [2.05, 4.69) is 62.9 Å². The summed E-state index contributed by atoms with van der Waals surface area (Å²) < 4.78 is 14.4. The van der Waals surface area contributed by atoms with Crippen molar-refractivity contribution in [1.29, 1.82) is 5.26 Å². The fourth-order valence-corrected chi connectivity index (χ4v) is 6.79. The molecule has 0 aliphatic heterocycles. The summed E-state index contributed by atoms with van der Waals surface area (Å²) in [6, 6.07) is 2.70. The van der Waals surface area contributed by atoms with Gasteiger partial charge in [-0.05, 0) is 58.6 Å². The highest BCUT2D eigenvalue weighted by Gasteiger charge is 2.31. The zero-order valence-electron chi connectivity index (χ0n) is 26.7. The first-order valence-corrected chi connectivity index (χ1v) is 17.4. The first-order valence-electron chi connectivity index (χ1n) is 16.3. The minimum absolute atomic E-state index is 0.0759. The van der Waals surface area contributed by atoms with Crippen LogP contribution in [0.1, 0.15) is 144 Å². The number of nitriles is 1. The number of nitrogens with zero attached hydrogens (tertiary/aromatic N) is 2. The highest BCUT2D eigenvalue weighted by atomic mass is 31.2. The highest BCUT2D eigenvalue weighted by Crippen LogP contribution is 2.47. The van der Waals surface area contributed by atoms with Gasteiger partial charge in [-0.3, -0.25) is 0 Å². The fourth-order valence-electron chi connectivity index (χ4n) is 5.19. The molecule has 8 heteroatoms. The third kappa shape index (κ3) is 16.3. The molecule has 0 aromatic rings. The average Bonchev–Trinajstić information content (AvgIpc) is 2.91. The van der Waals surface area contributed by atoms with Gasteiger partial charge in [0.2, 0.25) is 0 Å². The Kier molecular flexibility index (Phi) is 21.5. The molecule has 40 heavy (non-hydrogen) atoms. The van der Waals surface area contributed by atoms with Crippen LogP contribution in [0.5, 0.6) is 0 Å². The van der Waals surface area contributed by atoms with Crippen molar-refractivity contribution < 1.29 is 13.8 Å². The third-order valence-electron chi connectivity index (χ3n) is 7.66. The van der Waals surface area contributed by atoms with Gasteiger partial charge in [-0.25, -0.2) is 9.46 Å². The molecule has 0 saturated carbocycles. The maximum Gasteiger partial charge on any atom is 0.315 e. The monoisotopic (exact) mass is 580 g/mol. The van der Waals surface area contributed by atoms with E-state index in [0.717, 1.165) is 19.4 Å². The molecule has 0 fully saturated rings. The normalized spacial score (nSPS) is 15.9. The van der Waals surface area contributed by atoms with Crippen LogP contribution in [0.3, 0.4) is 0 Å². The lowest BCUT2D eigenvalue weighted by atomic mass is 9.85. The van der Waals surface area contributed by atoms with Crippen LogP contribution in [-0.2, 0) is 9.05 Å². The molecule has 0 aromatic heterocycles. The van der Waals surface area contributed by atoms with Crippen LogP contribution in [0, 0.1) is 11.3 Å². The molecule has 0 spiro atoms. The number of carbonyl (C=O) groups is 1. The van der Waals surface area contributed by atoms with Crippen LogP contribution >= 0.6 is 8.53 Å². The minimum atomic E-state index is -1.24. The van der Waals surface area contributed by atoms with Crippen molar-refractivity contribution in [3.8, 4) is 6.07 Å². The molecule has 1 aliphatic carbocycles. The van der Waals surface area contributed by atoms with E-state index in [0.29, 0.717) is 19.6 Å². The Bertz CT molecular complexity index is 730. The van der Waals surface area contributed by atoms with E-state index in [9.17, 15) is 4.79 Å². The number of rotatable bonds is 25. The van der Waals surface area contributed by atoms with E-state index < -0.39 is 8.53 Å². The number of nitrogens with one attached hydrogen (secondary N) is 2. The Morgan fingerprint density at radius 2 is 1.45 bits per heavy atom. The van der Waals surface area contributed by atoms with Gasteiger partial charge in [0, 0.05) is 18.6 Å². The predicted octanol–water partition coefficient (Wildman–Crippen LogP) is 9.15. The number of urea groups is 1. The first kappa shape index (κ1) is 36.8. The number of amides is 2. The lowest BCUT2D eigenvalue weighted by Gasteiger charge is -2.37. The summed E-state index contributed by atoms with van der Waals surface area (Å²) in [6.45, 7) is 14.5. The molecular formula is C32H61N4O3P. The minimum Gasteiger partial charge on any atom is -0.338 e. The van der Waals surface area contributed by atoms with Crippen molar-refractivity contribution in [3.05, 3.63) is 11.1 Å². The van der Waals surface area contributed by atoms with Gasteiger partial charge >= 0.3 is 6.03 Å². The molecule has 1 aliphatic rings. The van der Waals surface area contributed by atoms with Crippen LogP contribution in [0.2, 0.25) is 0 Å². The molecule has 2 amide bonds. The van der Waals surface area contributed by atoms with Crippen LogP contribution in [0.15, 0.2) is 11.1 Å². The second kappa shape index (κ2) is 23.4. The maximum atomic E-state index is 12.4. The van der Waals surface area contributed by atoms with Crippen molar-refractivity contribution in [2.45, 2.75) is 162 Å². The van der Waals surface area contributed by atoms with Crippen molar-refractivity contribution >= 4 is 14.6 Å². The van der Waals surface area contributed by atoms with E-state index in [1.165, 1.54) is 94.6 Å². The molecule has 0 aromatic carbocycles. The van der Waals surface area contributed by atoms with Crippen LogP contribution < -0.4 is 10.6 Å². The van der Waals surface area contributed by atoms with E-state index in [1.807, 2.05) is 0 Å². The van der Waals surface area contributed by atoms with Gasteiger partial charge < -0.3 is 19.7 Å². The number of hydrogen-bond donors (Lipinski definition) is 2. The van der Waals surface area contributed by atoms with E-state index >= 15 is 0 Å². The SMILES string of the molecule is CCCCCCCCCCCCCCCCNC(=O)NC1CC(COP(OCCC#N)N(C(C)C)C(C)C)=C1C. The second-order valence-electron chi connectivity index (χ2n) is 11.9. The fraction of sp³-hybridized carbons (Fsp3) is 0.875. The predicted molar refractivity (Wildman–Crippen MR) is 169 cm³/mol. The molecule has 0 saturated heterocycles. The van der Waals surface area contributed by atoms with Gasteiger partial charge in [-0.2, -0.15) is 5.26 Å². The van der Waals surface area contributed by atoms with E-state index in [1.54, 1.807) is 0 Å². The van der Waals surface area contributed by atoms with E-state index in [-0.39, 0.29) is 24.2 Å². The molecule has 0 heterocycles. The average molecular weight is 581 g/mol. The van der Waals surface area contributed by atoms with Gasteiger partial charge in [0.15, 0.2) is 0 Å². The molecule has 2 unspecified atom stereocenters. The zero-order chi connectivity index (χ0) is 29.6. The molecule has 0 bridgehead atoms. The summed E-state index contributed by atoms with van der Waals surface area (Å²) >= 11 is 0. The van der Waals surface area contributed by atoms with Crippen LogP contribution in [0.4, 0.5) is 4.79 Å². The van der Waals surface area contributed by atoms with Gasteiger partial charge in [-0.1, -0.05) is 90.4 Å². The largest absolute Gasteiger partial charge is 0.338 e. The van der Waals surface area contributed by atoms with Gasteiger partial charge in [0.25, 0.3) is 8.53 Å². The Balaban J connectivity index is 2.15. The first-order chi connectivity index (χ1) is 19.3. The quantitative estimate of drug-likeness (QED) is 0.0639. The van der Waals surface area contributed by atoms with Crippen molar-refractivity contribution in [1.82, 2.24) is 15.3 Å². The lowest BCUT2D eigenvalue weighted by Crippen LogP contribution is -2.47. The Morgan fingerprint density at radius 1 is 0.925 bits per heavy atom. The third-order valence-corrected chi connectivity index (χ3v) is 9.72. The van der Waals surface area contributed by atoms with E-state index in [4.69, 9.17) is 14.3 Å². The number of unbranched alkanes of at least 4 members (excludes halogenated alkanes) is 13. The Morgan fingerprint density at radius 3 is 1.93 bits per heavy atom. The molecule has 1 rings (SSSR count). The number of carbonyl (C=O) groups excluding carboxylic acids is 1. The van der Waals surface area contributed by atoms with Gasteiger partial charge in [0.05, 0.1) is 31.7 Å². The summed E-state index contributed by atoms with van der Waals surface area (Å²) in [5, 5.41) is 15.0. The molecule has 7 nitrogen and oxygen atoms in total. The van der Waals surface area contributed by atoms with Gasteiger partial charge in [0.1, 0.15) is 0 Å². The molecule has 2 atom stereocenters. The van der Waals surface area contributed by atoms with Crippen molar-refractivity contribution in [3.63, 3.8) is 0 Å². The lowest BCUT2D eigenvalue weighted by molar-refractivity contribution is 0.181. The van der Waals surface area contributed by atoms with Gasteiger partial charge in [-0.15, -0.1) is 0 Å². The summed E-state index contributed by atoms with van der Waals surface area (Å²) in [5.74, 6) is 0. The summed E-state index contributed by atoms with van der Waals surface area (Å²) in [5.41, 5.74) is 2.40. The molecule has 2 N–H and O–H groups in total. The molecule has 0 radical (unpaired) electrons. The summed E-state index contributed by atoms with van der Waals surface area (Å²) in [4.78, 5) is 12.4. The molecule has 232 valence electrons. The topological polar surface area (TPSA) is 86.6 Å².